The highest BCUT2D eigenvalue weighted by atomic mass is 16.3. The Hall–Kier alpha value is -1.06. The van der Waals surface area contributed by atoms with E-state index in [2.05, 4.69) is 4.90 Å². The third-order valence-electron chi connectivity index (χ3n) is 3.05. The molecular formula is C12H17NO2. The van der Waals surface area contributed by atoms with Crippen molar-refractivity contribution < 1.29 is 10.2 Å². The Bertz CT molecular complexity index is 353. The number of nitrogens with zero attached hydrogens (tertiary/aromatic N) is 1. The molecular weight excluding hydrogens is 190 g/mol. The van der Waals surface area contributed by atoms with Crippen molar-refractivity contribution in [1.29, 1.82) is 0 Å². The zero-order chi connectivity index (χ0) is 10.9. The standard InChI is InChI=1S/C12H17NO2/c1-13-7-3-6-12(15,9-13)10-4-2-5-11(14)8-10/h2,4-5,8,14-15H,3,6-7,9H2,1H3. The Morgan fingerprint density at radius 1 is 1.40 bits per heavy atom. The van der Waals surface area contributed by atoms with Crippen LogP contribution >= 0.6 is 0 Å². The van der Waals surface area contributed by atoms with Crippen molar-refractivity contribution in [3.63, 3.8) is 0 Å². The highest BCUT2D eigenvalue weighted by molar-refractivity contribution is 5.31. The van der Waals surface area contributed by atoms with Crippen molar-refractivity contribution in [2.24, 2.45) is 0 Å². The summed E-state index contributed by atoms with van der Waals surface area (Å²) >= 11 is 0. The fourth-order valence-electron chi connectivity index (χ4n) is 2.28. The number of likely N-dealkylation sites (tertiary alicyclic amines) is 1. The van der Waals surface area contributed by atoms with Crippen LogP contribution in [0, 0.1) is 0 Å². The molecule has 15 heavy (non-hydrogen) atoms. The van der Waals surface area contributed by atoms with E-state index in [9.17, 15) is 10.2 Å². The zero-order valence-corrected chi connectivity index (χ0v) is 8.98. The largest absolute Gasteiger partial charge is 0.508 e. The maximum absolute atomic E-state index is 10.5. The first kappa shape index (κ1) is 10.5. The van der Waals surface area contributed by atoms with E-state index in [4.69, 9.17) is 0 Å². The van der Waals surface area contributed by atoms with Gasteiger partial charge in [0.05, 0.1) is 0 Å². The molecule has 1 aliphatic heterocycles. The quantitative estimate of drug-likeness (QED) is 0.729. The molecule has 0 amide bonds. The van der Waals surface area contributed by atoms with Crippen LogP contribution in [0.1, 0.15) is 18.4 Å². The number of rotatable bonds is 1. The van der Waals surface area contributed by atoms with E-state index >= 15 is 0 Å². The van der Waals surface area contributed by atoms with Gasteiger partial charge in [0.15, 0.2) is 0 Å². The van der Waals surface area contributed by atoms with Crippen LogP contribution < -0.4 is 0 Å². The minimum absolute atomic E-state index is 0.217. The number of piperidine rings is 1. The summed E-state index contributed by atoms with van der Waals surface area (Å²) in [6.45, 7) is 1.66. The third kappa shape index (κ3) is 2.13. The first-order valence-electron chi connectivity index (χ1n) is 5.31. The summed E-state index contributed by atoms with van der Waals surface area (Å²) in [5.41, 5.74) is 0.0141. The Morgan fingerprint density at radius 3 is 2.87 bits per heavy atom. The molecule has 1 atom stereocenters. The van der Waals surface area contributed by atoms with Gasteiger partial charge in [-0.2, -0.15) is 0 Å². The van der Waals surface area contributed by atoms with Crippen LogP contribution in [0.5, 0.6) is 5.75 Å². The Kier molecular flexibility index (Phi) is 2.67. The lowest BCUT2D eigenvalue weighted by Gasteiger charge is -2.37. The molecule has 2 N–H and O–H groups in total. The molecule has 3 heteroatoms. The Morgan fingerprint density at radius 2 is 2.20 bits per heavy atom. The predicted octanol–water partition coefficient (Wildman–Crippen LogP) is 1.31. The second-order valence-electron chi connectivity index (χ2n) is 4.42. The molecule has 1 aliphatic rings. The van der Waals surface area contributed by atoms with E-state index in [-0.39, 0.29) is 5.75 Å². The van der Waals surface area contributed by atoms with Gasteiger partial charge in [0.2, 0.25) is 0 Å². The van der Waals surface area contributed by atoms with Gasteiger partial charge in [-0.1, -0.05) is 12.1 Å². The fourth-order valence-corrected chi connectivity index (χ4v) is 2.28. The summed E-state index contributed by atoms with van der Waals surface area (Å²) in [5, 5.41) is 19.9. The second kappa shape index (κ2) is 3.83. The Balaban J connectivity index is 2.28. The van der Waals surface area contributed by atoms with E-state index in [1.54, 1.807) is 18.2 Å². The SMILES string of the molecule is CN1CCCC(O)(c2cccc(O)c2)C1. The molecule has 0 bridgehead atoms. The summed E-state index contributed by atoms with van der Waals surface area (Å²) in [6, 6.07) is 6.93. The van der Waals surface area contributed by atoms with Gasteiger partial charge in [0.1, 0.15) is 11.4 Å². The topological polar surface area (TPSA) is 43.7 Å². The van der Waals surface area contributed by atoms with Gasteiger partial charge < -0.3 is 15.1 Å². The van der Waals surface area contributed by atoms with E-state index in [0.717, 1.165) is 24.9 Å². The van der Waals surface area contributed by atoms with Crippen molar-refractivity contribution in [2.45, 2.75) is 18.4 Å². The number of benzene rings is 1. The first-order valence-corrected chi connectivity index (χ1v) is 5.31. The summed E-state index contributed by atoms with van der Waals surface area (Å²) in [7, 11) is 2.01. The van der Waals surface area contributed by atoms with Gasteiger partial charge in [-0.3, -0.25) is 0 Å². The van der Waals surface area contributed by atoms with Crippen LogP contribution in [0.25, 0.3) is 0 Å². The number of β-amino-alcohol motifs (C(OH)–C–C–N with tert-alkyl or cyclic N) is 1. The first-order chi connectivity index (χ1) is 7.10. The van der Waals surface area contributed by atoms with Gasteiger partial charge in [0.25, 0.3) is 0 Å². The lowest BCUT2D eigenvalue weighted by Crippen LogP contribution is -2.44. The molecule has 1 fully saturated rings. The maximum atomic E-state index is 10.5. The van der Waals surface area contributed by atoms with Gasteiger partial charge in [-0.15, -0.1) is 0 Å². The molecule has 1 heterocycles. The molecule has 1 aromatic carbocycles. The average molecular weight is 207 g/mol. The number of hydrogen-bond donors (Lipinski definition) is 2. The summed E-state index contributed by atoms with van der Waals surface area (Å²) < 4.78 is 0. The number of phenolic OH excluding ortho intramolecular Hbond substituents is 1. The van der Waals surface area contributed by atoms with Gasteiger partial charge >= 0.3 is 0 Å². The Labute approximate surface area is 90.0 Å². The minimum Gasteiger partial charge on any atom is -0.508 e. The smallest absolute Gasteiger partial charge is 0.115 e. The third-order valence-corrected chi connectivity index (χ3v) is 3.05. The molecule has 2 rings (SSSR count). The van der Waals surface area contributed by atoms with Crippen molar-refractivity contribution in [3.05, 3.63) is 29.8 Å². The number of likely N-dealkylation sites (N-methyl/N-ethyl adjacent to an activating group) is 1. The zero-order valence-electron chi connectivity index (χ0n) is 8.98. The van der Waals surface area contributed by atoms with Crippen molar-refractivity contribution in [2.75, 3.05) is 20.1 Å². The molecule has 0 aromatic heterocycles. The van der Waals surface area contributed by atoms with Gasteiger partial charge in [-0.05, 0) is 44.1 Å². The number of hydrogen-bond acceptors (Lipinski definition) is 3. The summed E-state index contributed by atoms with van der Waals surface area (Å²) in [4.78, 5) is 2.12. The number of aromatic hydroxyl groups is 1. The van der Waals surface area contributed by atoms with Crippen LogP contribution in [0.3, 0.4) is 0 Å². The van der Waals surface area contributed by atoms with Crippen LogP contribution in [0.4, 0.5) is 0 Å². The van der Waals surface area contributed by atoms with Crippen LogP contribution in [0.2, 0.25) is 0 Å². The van der Waals surface area contributed by atoms with E-state index < -0.39 is 5.60 Å². The molecule has 1 saturated heterocycles. The highest BCUT2D eigenvalue weighted by Gasteiger charge is 2.33. The molecule has 1 aromatic rings. The highest BCUT2D eigenvalue weighted by Crippen LogP contribution is 2.32. The monoisotopic (exact) mass is 207 g/mol. The van der Waals surface area contributed by atoms with Crippen LogP contribution in [0.15, 0.2) is 24.3 Å². The molecule has 82 valence electrons. The van der Waals surface area contributed by atoms with Crippen molar-refractivity contribution in [1.82, 2.24) is 4.90 Å². The average Bonchev–Trinajstić information content (AvgIpc) is 2.17. The fraction of sp³-hybridized carbons (Fsp3) is 0.500. The molecule has 0 radical (unpaired) electrons. The molecule has 0 aliphatic carbocycles. The lowest BCUT2D eigenvalue weighted by molar-refractivity contribution is -0.0279. The van der Waals surface area contributed by atoms with E-state index in [1.165, 1.54) is 0 Å². The van der Waals surface area contributed by atoms with Crippen LogP contribution in [-0.2, 0) is 5.60 Å². The molecule has 0 spiro atoms. The minimum atomic E-state index is -0.800. The van der Waals surface area contributed by atoms with E-state index in [0.29, 0.717) is 6.54 Å². The predicted molar refractivity (Wildman–Crippen MR) is 58.7 cm³/mol. The number of phenols is 1. The maximum Gasteiger partial charge on any atom is 0.115 e. The normalized spacial score (nSPS) is 27.9. The van der Waals surface area contributed by atoms with Crippen molar-refractivity contribution in [3.8, 4) is 5.75 Å². The molecule has 3 nitrogen and oxygen atoms in total. The summed E-state index contributed by atoms with van der Waals surface area (Å²) in [6.07, 6.45) is 1.75. The van der Waals surface area contributed by atoms with Gasteiger partial charge in [0, 0.05) is 6.54 Å². The van der Waals surface area contributed by atoms with Crippen LogP contribution in [-0.4, -0.2) is 35.3 Å². The lowest BCUT2D eigenvalue weighted by atomic mass is 9.86. The molecule has 1 unspecified atom stereocenters. The summed E-state index contributed by atoms with van der Waals surface area (Å²) in [5.74, 6) is 0.217. The van der Waals surface area contributed by atoms with Gasteiger partial charge in [-0.25, -0.2) is 0 Å². The second-order valence-corrected chi connectivity index (χ2v) is 4.42. The number of aliphatic hydroxyl groups is 1. The van der Waals surface area contributed by atoms with Crippen molar-refractivity contribution >= 4 is 0 Å². The van der Waals surface area contributed by atoms with E-state index in [1.807, 2.05) is 13.1 Å². The molecule has 0 saturated carbocycles.